The summed E-state index contributed by atoms with van der Waals surface area (Å²) < 4.78 is 3.46. The highest BCUT2D eigenvalue weighted by Gasteiger charge is 2.14. The first-order valence-corrected chi connectivity index (χ1v) is 5.59. The van der Waals surface area contributed by atoms with Gasteiger partial charge in [-0.1, -0.05) is 19.9 Å². The quantitative estimate of drug-likeness (QED) is 0.721. The van der Waals surface area contributed by atoms with Gasteiger partial charge in [0.25, 0.3) is 0 Å². The van der Waals surface area contributed by atoms with Gasteiger partial charge in [-0.05, 0) is 30.0 Å². The number of nitrogens with zero attached hydrogens (tertiary/aromatic N) is 2. The monoisotopic (exact) mass is 218 g/mol. The molecule has 0 radical (unpaired) electrons. The molecular weight excluding hydrogens is 200 g/mol. The van der Waals surface area contributed by atoms with E-state index in [1.807, 2.05) is 14.1 Å². The van der Waals surface area contributed by atoms with E-state index in [4.69, 9.17) is 0 Å². The summed E-state index contributed by atoms with van der Waals surface area (Å²) in [5.74, 6) is 0.426. The van der Waals surface area contributed by atoms with Crippen molar-refractivity contribution in [3.63, 3.8) is 0 Å². The molecule has 86 valence electrons. The normalized spacial score (nSPS) is 11.6. The van der Waals surface area contributed by atoms with Gasteiger partial charge in [-0.25, -0.2) is 4.79 Å². The third-order valence-corrected chi connectivity index (χ3v) is 3.16. The van der Waals surface area contributed by atoms with Crippen molar-refractivity contribution in [2.45, 2.75) is 26.7 Å². The zero-order valence-corrected chi connectivity index (χ0v) is 10.5. The Bertz CT molecular complexity index is 602. The van der Waals surface area contributed by atoms with Gasteiger partial charge in [-0.2, -0.15) is 0 Å². The fourth-order valence-corrected chi connectivity index (χ4v) is 2.27. The van der Waals surface area contributed by atoms with Gasteiger partial charge < -0.3 is 0 Å². The van der Waals surface area contributed by atoms with E-state index < -0.39 is 0 Å². The summed E-state index contributed by atoms with van der Waals surface area (Å²) in [7, 11) is 3.67. The Kier molecular flexibility index (Phi) is 2.41. The summed E-state index contributed by atoms with van der Waals surface area (Å²) in [5, 5.41) is 0. The molecule has 0 unspecified atom stereocenters. The molecule has 0 saturated carbocycles. The van der Waals surface area contributed by atoms with Crippen LogP contribution in [0.5, 0.6) is 0 Å². The fraction of sp³-hybridized carbons (Fsp3) is 0.462. The third kappa shape index (κ3) is 1.39. The molecule has 0 atom stereocenters. The number of hydrogen-bond acceptors (Lipinski definition) is 1. The van der Waals surface area contributed by atoms with Crippen molar-refractivity contribution in [3.05, 3.63) is 33.7 Å². The average Bonchev–Trinajstić information content (AvgIpc) is 2.43. The molecule has 1 heterocycles. The Balaban J connectivity index is 3.02. The Morgan fingerprint density at radius 1 is 1.12 bits per heavy atom. The van der Waals surface area contributed by atoms with Crippen LogP contribution in [0.4, 0.5) is 0 Å². The molecular formula is C13H18N2O. The van der Waals surface area contributed by atoms with Crippen LogP contribution >= 0.6 is 0 Å². The van der Waals surface area contributed by atoms with Crippen LogP contribution in [0.2, 0.25) is 0 Å². The van der Waals surface area contributed by atoms with Gasteiger partial charge in [0.15, 0.2) is 0 Å². The Labute approximate surface area is 95.3 Å². The van der Waals surface area contributed by atoms with Crippen molar-refractivity contribution in [1.29, 1.82) is 0 Å². The van der Waals surface area contributed by atoms with E-state index in [2.05, 4.69) is 32.9 Å². The minimum Gasteiger partial charge on any atom is -0.295 e. The van der Waals surface area contributed by atoms with Crippen molar-refractivity contribution in [3.8, 4) is 0 Å². The van der Waals surface area contributed by atoms with Gasteiger partial charge in [0, 0.05) is 14.1 Å². The maximum atomic E-state index is 11.9. The number of fused-ring (bicyclic) bond motifs is 1. The fourth-order valence-electron chi connectivity index (χ4n) is 2.27. The van der Waals surface area contributed by atoms with E-state index in [0.29, 0.717) is 5.92 Å². The predicted molar refractivity (Wildman–Crippen MR) is 67.0 cm³/mol. The second kappa shape index (κ2) is 3.51. The smallest absolute Gasteiger partial charge is 0.295 e. The molecule has 2 aromatic rings. The van der Waals surface area contributed by atoms with E-state index in [1.54, 1.807) is 9.13 Å². The standard InChI is InChI=1S/C13H18N2O/c1-8(2)10-6-9(3)7-11-12(10)15(5)13(16)14(11)4/h6-8H,1-5H3. The summed E-state index contributed by atoms with van der Waals surface area (Å²) in [5.41, 5.74) is 4.58. The molecule has 0 aliphatic heterocycles. The maximum Gasteiger partial charge on any atom is 0.328 e. The molecule has 0 fully saturated rings. The van der Waals surface area contributed by atoms with Crippen molar-refractivity contribution in [1.82, 2.24) is 9.13 Å². The van der Waals surface area contributed by atoms with E-state index in [0.717, 1.165) is 11.0 Å². The van der Waals surface area contributed by atoms with Crippen LogP contribution in [0, 0.1) is 6.92 Å². The first kappa shape index (κ1) is 11.0. The summed E-state index contributed by atoms with van der Waals surface area (Å²) in [4.78, 5) is 11.9. The number of aromatic nitrogens is 2. The number of imidazole rings is 1. The summed E-state index contributed by atoms with van der Waals surface area (Å²) in [6.45, 7) is 6.39. The van der Waals surface area contributed by atoms with Crippen molar-refractivity contribution in [2.24, 2.45) is 14.1 Å². The molecule has 0 saturated heterocycles. The first-order valence-electron chi connectivity index (χ1n) is 5.59. The van der Waals surface area contributed by atoms with Crippen molar-refractivity contribution >= 4 is 11.0 Å². The highest BCUT2D eigenvalue weighted by Crippen LogP contribution is 2.25. The average molecular weight is 218 g/mol. The SMILES string of the molecule is Cc1cc(C(C)C)c2c(c1)n(C)c(=O)n2C. The number of rotatable bonds is 1. The van der Waals surface area contributed by atoms with Gasteiger partial charge in [0.05, 0.1) is 11.0 Å². The van der Waals surface area contributed by atoms with Crippen LogP contribution in [-0.2, 0) is 14.1 Å². The zero-order chi connectivity index (χ0) is 12.0. The minimum absolute atomic E-state index is 0.0440. The Morgan fingerprint density at radius 3 is 2.31 bits per heavy atom. The lowest BCUT2D eigenvalue weighted by molar-refractivity contribution is 0.788. The Hall–Kier alpha value is -1.51. The number of aryl methyl sites for hydroxylation is 3. The topological polar surface area (TPSA) is 26.9 Å². The van der Waals surface area contributed by atoms with Gasteiger partial charge >= 0.3 is 5.69 Å². The van der Waals surface area contributed by atoms with Crippen molar-refractivity contribution < 1.29 is 0 Å². The van der Waals surface area contributed by atoms with Crippen LogP contribution in [0.3, 0.4) is 0 Å². The lowest BCUT2D eigenvalue weighted by Gasteiger charge is -2.10. The lowest BCUT2D eigenvalue weighted by atomic mass is 9.99. The number of benzene rings is 1. The molecule has 0 spiro atoms. The van der Waals surface area contributed by atoms with Crippen LogP contribution in [0.1, 0.15) is 30.9 Å². The second-order valence-electron chi connectivity index (χ2n) is 4.78. The van der Waals surface area contributed by atoms with E-state index in [-0.39, 0.29) is 5.69 Å². The van der Waals surface area contributed by atoms with Crippen LogP contribution in [0.25, 0.3) is 11.0 Å². The molecule has 0 N–H and O–H groups in total. The van der Waals surface area contributed by atoms with Gasteiger partial charge in [0.1, 0.15) is 0 Å². The molecule has 1 aromatic carbocycles. The number of hydrogen-bond donors (Lipinski definition) is 0. The van der Waals surface area contributed by atoms with E-state index in [1.165, 1.54) is 11.1 Å². The third-order valence-electron chi connectivity index (χ3n) is 3.16. The maximum absolute atomic E-state index is 11.9. The summed E-state index contributed by atoms with van der Waals surface area (Å²) in [6.07, 6.45) is 0. The molecule has 0 aliphatic carbocycles. The molecule has 16 heavy (non-hydrogen) atoms. The van der Waals surface area contributed by atoms with E-state index in [9.17, 15) is 4.79 Å². The van der Waals surface area contributed by atoms with Crippen LogP contribution < -0.4 is 5.69 Å². The highest BCUT2D eigenvalue weighted by atomic mass is 16.1. The van der Waals surface area contributed by atoms with E-state index >= 15 is 0 Å². The first-order chi connectivity index (χ1) is 7.43. The molecule has 0 aliphatic rings. The van der Waals surface area contributed by atoms with Gasteiger partial charge in [0.2, 0.25) is 0 Å². The molecule has 3 heteroatoms. The minimum atomic E-state index is 0.0440. The van der Waals surface area contributed by atoms with Crippen LogP contribution in [0.15, 0.2) is 16.9 Å². The largest absolute Gasteiger partial charge is 0.328 e. The van der Waals surface area contributed by atoms with Crippen molar-refractivity contribution in [2.75, 3.05) is 0 Å². The summed E-state index contributed by atoms with van der Waals surface area (Å²) >= 11 is 0. The molecule has 0 bridgehead atoms. The second-order valence-corrected chi connectivity index (χ2v) is 4.78. The highest BCUT2D eigenvalue weighted by molar-refractivity contribution is 5.81. The lowest BCUT2D eigenvalue weighted by Crippen LogP contribution is -2.19. The Morgan fingerprint density at radius 2 is 1.75 bits per heavy atom. The predicted octanol–water partition coefficient (Wildman–Crippen LogP) is 2.31. The summed E-state index contributed by atoms with van der Waals surface area (Å²) in [6, 6.07) is 4.25. The zero-order valence-electron chi connectivity index (χ0n) is 10.5. The van der Waals surface area contributed by atoms with Crippen LogP contribution in [-0.4, -0.2) is 9.13 Å². The molecule has 2 rings (SSSR count). The molecule has 3 nitrogen and oxygen atoms in total. The van der Waals surface area contributed by atoms with Gasteiger partial charge in [-0.3, -0.25) is 9.13 Å². The molecule has 0 amide bonds. The van der Waals surface area contributed by atoms with Gasteiger partial charge in [-0.15, -0.1) is 0 Å². The molecule has 1 aromatic heterocycles.